The van der Waals surface area contributed by atoms with Crippen LogP contribution in [-0.4, -0.2) is 5.75 Å². The first kappa shape index (κ1) is 12.6. The summed E-state index contributed by atoms with van der Waals surface area (Å²) in [6.45, 7) is 3.98. The molecule has 1 aliphatic carbocycles. The molecule has 92 valence electrons. The maximum atomic E-state index is 5.67. The highest BCUT2D eigenvalue weighted by molar-refractivity contribution is 8.02. The third kappa shape index (κ3) is 4.47. The Balaban J connectivity index is 1.70. The van der Waals surface area contributed by atoms with Crippen molar-refractivity contribution in [3.8, 4) is 5.75 Å². The summed E-state index contributed by atoms with van der Waals surface area (Å²) in [5, 5.41) is 0.821. The van der Waals surface area contributed by atoms with Gasteiger partial charge in [-0.25, -0.2) is 0 Å². The van der Waals surface area contributed by atoms with Gasteiger partial charge in [0, 0.05) is 5.75 Å². The van der Waals surface area contributed by atoms with E-state index in [4.69, 9.17) is 4.74 Å². The molecule has 0 amide bonds. The van der Waals surface area contributed by atoms with Crippen LogP contribution in [-0.2, 0) is 0 Å². The molecule has 0 radical (unpaired) electrons. The maximum absolute atomic E-state index is 5.67. The SMILES string of the molecule is C=C(Oc1ccccc1)SCC1CCCCC1. The number of thioether (sulfide) groups is 1. The van der Waals surface area contributed by atoms with Crippen molar-refractivity contribution in [2.24, 2.45) is 5.92 Å². The van der Waals surface area contributed by atoms with Gasteiger partial charge in [0.2, 0.25) is 0 Å². The molecule has 0 aromatic heterocycles. The first-order valence-electron chi connectivity index (χ1n) is 6.39. The standard InChI is InChI=1S/C15H20OS/c1-13(16-15-10-6-3-7-11-15)17-12-14-8-4-2-5-9-14/h3,6-7,10-11,14H,1-2,4-5,8-9,12H2. The molecule has 1 nitrogen and oxygen atoms in total. The van der Waals surface area contributed by atoms with E-state index in [2.05, 4.69) is 6.58 Å². The smallest absolute Gasteiger partial charge is 0.153 e. The van der Waals surface area contributed by atoms with Crippen molar-refractivity contribution in [1.82, 2.24) is 0 Å². The van der Waals surface area contributed by atoms with Crippen molar-refractivity contribution in [1.29, 1.82) is 0 Å². The Morgan fingerprint density at radius 1 is 1.18 bits per heavy atom. The lowest BCUT2D eigenvalue weighted by Crippen LogP contribution is -2.09. The fourth-order valence-corrected chi connectivity index (χ4v) is 3.12. The van der Waals surface area contributed by atoms with Crippen LogP contribution in [0.5, 0.6) is 5.75 Å². The lowest BCUT2D eigenvalue weighted by molar-refractivity contribution is 0.390. The van der Waals surface area contributed by atoms with Crippen LogP contribution < -0.4 is 4.74 Å². The molecule has 1 aliphatic rings. The lowest BCUT2D eigenvalue weighted by atomic mass is 9.91. The largest absolute Gasteiger partial charge is 0.451 e. The van der Waals surface area contributed by atoms with Crippen molar-refractivity contribution in [2.75, 3.05) is 5.75 Å². The van der Waals surface area contributed by atoms with Gasteiger partial charge in [0.05, 0.1) is 0 Å². The third-order valence-electron chi connectivity index (χ3n) is 3.18. The quantitative estimate of drug-likeness (QED) is 0.689. The van der Waals surface area contributed by atoms with Crippen LogP contribution in [0.4, 0.5) is 0 Å². The first-order chi connectivity index (χ1) is 8.34. The van der Waals surface area contributed by atoms with Gasteiger partial charge in [-0.05, 0) is 37.5 Å². The van der Waals surface area contributed by atoms with Crippen LogP contribution in [0.1, 0.15) is 32.1 Å². The molecule has 0 bridgehead atoms. The summed E-state index contributed by atoms with van der Waals surface area (Å²) >= 11 is 1.76. The summed E-state index contributed by atoms with van der Waals surface area (Å²) in [6.07, 6.45) is 6.98. The van der Waals surface area contributed by atoms with Crippen LogP contribution in [0.15, 0.2) is 42.0 Å². The molecule has 0 spiro atoms. The van der Waals surface area contributed by atoms with E-state index in [1.54, 1.807) is 11.8 Å². The molecule has 17 heavy (non-hydrogen) atoms. The Morgan fingerprint density at radius 2 is 1.88 bits per heavy atom. The monoisotopic (exact) mass is 248 g/mol. The topological polar surface area (TPSA) is 9.23 Å². The number of ether oxygens (including phenoxy) is 1. The van der Waals surface area contributed by atoms with Crippen LogP contribution in [0.2, 0.25) is 0 Å². The van der Waals surface area contributed by atoms with Crippen molar-refractivity contribution in [3.05, 3.63) is 42.0 Å². The molecule has 2 heteroatoms. The van der Waals surface area contributed by atoms with Gasteiger partial charge in [0.15, 0.2) is 5.09 Å². The number of para-hydroxylation sites is 1. The molecule has 2 rings (SSSR count). The number of hydrogen-bond donors (Lipinski definition) is 0. The minimum atomic E-state index is 0.821. The Labute approximate surface area is 108 Å². The molecule has 0 N–H and O–H groups in total. The van der Waals surface area contributed by atoms with Crippen molar-refractivity contribution in [2.45, 2.75) is 32.1 Å². The van der Waals surface area contributed by atoms with Crippen LogP contribution >= 0.6 is 11.8 Å². The van der Waals surface area contributed by atoms with Gasteiger partial charge in [-0.2, -0.15) is 0 Å². The van der Waals surface area contributed by atoms with E-state index < -0.39 is 0 Å². The van der Waals surface area contributed by atoms with Gasteiger partial charge >= 0.3 is 0 Å². The lowest BCUT2D eigenvalue weighted by Gasteiger charge is -2.21. The fourth-order valence-electron chi connectivity index (χ4n) is 2.21. The normalized spacial score (nSPS) is 16.7. The Bertz CT molecular complexity index is 341. The van der Waals surface area contributed by atoms with E-state index >= 15 is 0 Å². The predicted molar refractivity (Wildman–Crippen MR) is 75.2 cm³/mol. The zero-order valence-corrected chi connectivity index (χ0v) is 11.0. The molecule has 1 fully saturated rings. The van der Waals surface area contributed by atoms with Crippen molar-refractivity contribution >= 4 is 11.8 Å². The highest BCUT2D eigenvalue weighted by Gasteiger charge is 2.14. The van der Waals surface area contributed by atoms with E-state index in [1.807, 2.05) is 30.3 Å². The van der Waals surface area contributed by atoms with E-state index in [0.29, 0.717) is 0 Å². The van der Waals surface area contributed by atoms with Crippen LogP contribution in [0.25, 0.3) is 0 Å². The number of rotatable bonds is 5. The molecule has 0 atom stereocenters. The molecule has 0 unspecified atom stereocenters. The molecule has 1 saturated carbocycles. The molecule has 0 saturated heterocycles. The van der Waals surface area contributed by atoms with Gasteiger partial charge in [0.25, 0.3) is 0 Å². The summed E-state index contributed by atoms with van der Waals surface area (Å²) < 4.78 is 5.67. The minimum absolute atomic E-state index is 0.821. The fraction of sp³-hybridized carbons (Fsp3) is 0.467. The molecular formula is C15H20OS. The summed E-state index contributed by atoms with van der Waals surface area (Å²) in [7, 11) is 0. The second kappa shape index (κ2) is 6.75. The Morgan fingerprint density at radius 3 is 2.59 bits per heavy atom. The second-order valence-electron chi connectivity index (χ2n) is 4.60. The van der Waals surface area contributed by atoms with Gasteiger partial charge in [-0.15, -0.1) is 0 Å². The molecular weight excluding hydrogens is 228 g/mol. The maximum Gasteiger partial charge on any atom is 0.153 e. The van der Waals surface area contributed by atoms with Gasteiger partial charge < -0.3 is 4.74 Å². The third-order valence-corrected chi connectivity index (χ3v) is 4.22. The number of hydrogen-bond acceptors (Lipinski definition) is 2. The molecule has 0 heterocycles. The average Bonchev–Trinajstić information content (AvgIpc) is 2.39. The van der Waals surface area contributed by atoms with Crippen LogP contribution in [0.3, 0.4) is 0 Å². The zero-order valence-electron chi connectivity index (χ0n) is 10.2. The van der Waals surface area contributed by atoms with Gasteiger partial charge in [-0.3, -0.25) is 0 Å². The average molecular weight is 248 g/mol. The molecule has 1 aromatic rings. The predicted octanol–water partition coefficient (Wildman–Crippen LogP) is 4.85. The molecule has 0 aliphatic heterocycles. The highest BCUT2D eigenvalue weighted by Crippen LogP contribution is 2.29. The number of benzene rings is 1. The van der Waals surface area contributed by atoms with Crippen molar-refractivity contribution < 1.29 is 4.74 Å². The second-order valence-corrected chi connectivity index (χ2v) is 5.68. The summed E-state index contributed by atoms with van der Waals surface area (Å²) in [5.74, 6) is 2.91. The van der Waals surface area contributed by atoms with E-state index in [9.17, 15) is 0 Å². The van der Waals surface area contributed by atoms with E-state index in [-0.39, 0.29) is 0 Å². The van der Waals surface area contributed by atoms with Crippen molar-refractivity contribution in [3.63, 3.8) is 0 Å². The van der Waals surface area contributed by atoms with Gasteiger partial charge in [-0.1, -0.05) is 49.2 Å². The zero-order chi connectivity index (χ0) is 11.9. The van der Waals surface area contributed by atoms with Gasteiger partial charge in [0.1, 0.15) is 5.75 Å². The summed E-state index contributed by atoms with van der Waals surface area (Å²) in [4.78, 5) is 0. The summed E-state index contributed by atoms with van der Waals surface area (Å²) in [5.41, 5.74) is 0. The van der Waals surface area contributed by atoms with E-state index in [0.717, 1.165) is 22.5 Å². The van der Waals surface area contributed by atoms with E-state index in [1.165, 1.54) is 32.1 Å². The first-order valence-corrected chi connectivity index (χ1v) is 7.38. The van der Waals surface area contributed by atoms with Crippen LogP contribution in [0, 0.1) is 5.92 Å². The molecule has 1 aromatic carbocycles. The minimum Gasteiger partial charge on any atom is -0.451 e. The Hall–Kier alpha value is -0.890. The highest BCUT2D eigenvalue weighted by atomic mass is 32.2. The summed E-state index contributed by atoms with van der Waals surface area (Å²) in [6, 6.07) is 9.88. The Kier molecular flexibility index (Phi) is 4.99.